The summed E-state index contributed by atoms with van der Waals surface area (Å²) in [5.74, 6) is 0.600. The molecule has 1 aromatic rings. The van der Waals surface area contributed by atoms with Crippen LogP contribution in [0.5, 0.6) is 0 Å². The first-order valence-electron chi connectivity index (χ1n) is 4.71. The molecule has 1 N–H and O–H groups in total. The van der Waals surface area contributed by atoms with Gasteiger partial charge in [-0.15, -0.1) is 0 Å². The number of nitrogens with one attached hydrogen (secondary N) is 1. The van der Waals surface area contributed by atoms with E-state index in [9.17, 15) is 4.39 Å². The van der Waals surface area contributed by atoms with E-state index >= 15 is 0 Å². The highest BCUT2D eigenvalue weighted by atomic mass is 19.1. The Hall–Kier alpha value is -0.890. The standard InChI is InChI=1S/C11H14FN/c1-8-2-9(5-11(12)3-8)4-10-6-13-7-10/h2-3,5,10,13H,4,6-7H2,1H3. The lowest BCUT2D eigenvalue weighted by Gasteiger charge is -2.27. The van der Waals surface area contributed by atoms with Crippen molar-refractivity contribution in [1.82, 2.24) is 5.32 Å². The summed E-state index contributed by atoms with van der Waals surface area (Å²) in [4.78, 5) is 0. The lowest BCUT2D eigenvalue weighted by molar-refractivity contribution is 0.346. The number of rotatable bonds is 2. The fourth-order valence-corrected chi connectivity index (χ4v) is 1.76. The van der Waals surface area contributed by atoms with Crippen molar-refractivity contribution in [3.8, 4) is 0 Å². The van der Waals surface area contributed by atoms with Gasteiger partial charge in [0.15, 0.2) is 0 Å². The molecule has 70 valence electrons. The maximum atomic E-state index is 13.0. The highest BCUT2D eigenvalue weighted by Gasteiger charge is 2.17. The fourth-order valence-electron chi connectivity index (χ4n) is 1.76. The summed E-state index contributed by atoms with van der Waals surface area (Å²) >= 11 is 0. The van der Waals surface area contributed by atoms with Gasteiger partial charge in [-0.1, -0.05) is 6.07 Å². The number of halogens is 1. The Bertz CT molecular complexity index is 285. The van der Waals surface area contributed by atoms with Gasteiger partial charge in [-0.25, -0.2) is 4.39 Å². The van der Waals surface area contributed by atoms with E-state index in [0.29, 0.717) is 5.92 Å². The number of aryl methyl sites for hydroxylation is 1. The van der Waals surface area contributed by atoms with Gasteiger partial charge in [0, 0.05) is 0 Å². The Kier molecular flexibility index (Phi) is 2.32. The van der Waals surface area contributed by atoms with Gasteiger partial charge in [0.05, 0.1) is 0 Å². The quantitative estimate of drug-likeness (QED) is 0.731. The zero-order chi connectivity index (χ0) is 9.26. The maximum absolute atomic E-state index is 13.0. The SMILES string of the molecule is Cc1cc(F)cc(CC2CNC2)c1. The smallest absolute Gasteiger partial charge is 0.123 e. The molecule has 1 aromatic carbocycles. The molecule has 0 atom stereocenters. The molecular formula is C11H14FN. The van der Waals surface area contributed by atoms with Crippen LogP contribution in [0.2, 0.25) is 0 Å². The molecule has 1 nitrogen and oxygen atoms in total. The second-order valence-corrected chi connectivity index (χ2v) is 3.87. The molecule has 0 aliphatic carbocycles. The Labute approximate surface area is 78.0 Å². The van der Waals surface area contributed by atoms with Crippen LogP contribution in [0, 0.1) is 18.7 Å². The van der Waals surface area contributed by atoms with E-state index in [1.165, 1.54) is 0 Å². The third-order valence-corrected chi connectivity index (χ3v) is 2.49. The normalized spacial score (nSPS) is 17.1. The first-order chi connectivity index (χ1) is 6.24. The minimum absolute atomic E-state index is 0.109. The minimum Gasteiger partial charge on any atom is -0.316 e. The van der Waals surface area contributed by atoms with E-state index in [0.717, 1.165) is 30.6 Å². The molecule has 0 saturated carbocycles. The van der Waals surface area contributed by atoms with Crippen LogP contribution < -0.4 is 5.32 Å². The van der Waals surface area contributed by atoms with Crippen LogP contribution >= 0.6 is 0 Å². The van der Waals surface area contributed by atoms with Crippen LogP contribution in [0.3, 0.4) is 0 Å². The first kappa shape index (κ1) is 8.70. The third kappa shape index (κ3) is 2.07. The molecule has 2 rings (SSSR count). The summed E-state index contributed by atoms with van der Waals surface area (Å²) in [5, 5.41) is 3.22. The van der Waals surface area contributed by atoms with E-state index in [1.54, 1.807) is 12.1 Å². The molecule has 0 spiro atoms. The summed E-state index contributed by atoms with van der Waals surface area (Å²) < 4.78 is 13.0. The molecule has 0 unspecified atom stereocenters. The van der Waals surface area contributed by atoms with Gasteiger partial charge < -0.3 is 5.32 Å². The lowest BCUT2D eigenvalue weighted by atomic mass is 9.94. The zero-order valence-electron chi connectivity index (χ0n) is 7.81. The van der Waals surface area contributed by atoms with Crippen molar-refractivity contribution < 1.29 is 4.39 Å². The second-order valence-electron chi connectivity index (χ2n) is 3.87. The summed E-state index contributed by atoms with van der Waals surface area (Å²) in [6, 6.07) is 5.29. The van der Waals surface area contributed by atoms with Gasteiger partial charge in [-0.3, -0.25) is 0 Å². The molecule has 2 heteroatoms. The van der Waals surface area contributed by atoms with Crippen molar-refractivity contribution >= 4 is 0 Å². The number of hydrogen-bond donors (Lipinski definition) is 1. The molecule has 1 aliphatic rings. The molecule has 1 fully saturated rings. The Morgan fingerprint density at radius 3 is 2.69 bits per heavy atom. The van der Waals surface area contributed by atoms with Crippen molar-refractivity contribution in [2.45, 2.75) is 13.3 Å². The van der Waals surface area contributed by atoms with Gasteiger partial charge >= 0.3 is 0 Å². The van der Waals surface area contributed by atoms with Crippen molar-refractivity contribution in [2.75, 3.05) is 13.1 Å². The van der Waals surface area contributed by atoms with Gasteiger partial charge in [0.25, 0.3) is 0 Å². The van der Waals surface area contributed by atoms with Gasteiger partial charge in [-0.2, -0.15) is 0 Å². The molecule has 1 saturated heterocycles. The van der Waals surface area contributed by atoms with Crippen LogP contribution in [-0.4, -0.2) is 13.1 Å². The predicted molar refractivity (Wildman–Crippen MR) is 51.2 cm³/mol. The molecule has 0 bridgehead atoms. The second kappa shape index (κ2) is 3.46. The number of benzene rings is 1. The maximum Gasteiger partial charge on any atom is 0.123 e. The first-order valence-corrected chi connectivity index (χ1v) is 4.71. The summed E-state index contributed by atoms with van der Waals surface area (Å²) in [5.41, 5.74) is 2.14. The summed E-state index contributed by atoms with van der Waals surface area (Å²) in [6.45, 7) is 4.09. The molecule has 0 radical (unpaired) electrons. The third-order valence-electron chi connectivity index (χ3n) is 2.49. The molecule has 0 aromatic heterocycles. The lowest BCUT2D eigenvalue weighted by Crippen LogP contribution is -2.43. The van der Waals surface area contributed by atoms with Crippen LogP contribution in [0.25, 0.3) is 0 Å². The summed E-state index contributed by atoms with van der Waals surface area (Å²) in [6.07, 6.45) is 1.01. The van der Waals surface area contributed by atoms with Gasteiger partial charge in [-0.05, 0) is 55.6 Å². The topological polar surface area (TPSA) is 12.0 Å². The minimum atomic E-state index is -0.109. The molecule has 0 amide bonds. The zero-order valence-corrected chi connectivity index (χ0v) is 7.81. The molecule has 1 heterocycles. The Morgan fingerprint density at radius 2 is 2.15 bits per heavy atom. The van der Waals surface area contributed by atoms with Gasteiger partial charge in [0.1, 0.15) is 5.82 Å². The Balaban J connectivity index is 2.10. The average molecular weight is 179 g/mol. The highest BCUT2D eigenvalue weighted by Crippen LogP contribution is 2.15. The largest absolute Gasteiger partial charge is 0.316 e. The molecule has 1 aliphatic heterocycles. The van der Waals surface area contributed by atoms with Crippen molar-refractivity contribution in [2.24, 2.45) is 5.92 Å². The van der Waals surface area contributed by atoms with Gasteiger partial charge in [0.2, 0.25) is 0 Å². The molecule has 13 heavy (non-hydrogen) atoms. The molecular weight excluding hydrogens is 165 g/mol. The van der Waals surface area contributed by atoms with Crippen molar-refractivity contribution in [3.63, 3.8) is 0 Å². The fraction of sp³-hybridized carbons (Fsp3) is 0.455. The van der Waals surface area contributed by atoms with E-state index in [2.05, 4.69) is 11.4 Å². The van der Waals surface area contributed by atoms with E-state index < -0.39 is 0 Å². The van der Waals surface area contributed by atoms with E-state index in [-0.39, 0.29) is 5.82 Å². The van der Waals surface area contributed by atoms with Crippen LogP contribution in [0.4, 0.5) is 4.39 Å². The van der Waals surface area contributed by atoms with Crippen LogP contribution in [0.1, 0.15) is 11.1 Å². The van der Waals surface area contributed by atoms with E-state index in [1.807, 2.05) is 6.92 Å². The van der Waals surface area contributed by atoms with Crippen molar-refractivity contribution in [3.05, 3.63) is 35.1 Å². The van der Waals surface area contributed by atoms with E-state index in [4.69, 9.17) is 0 Å². The number of hydrogen-bond acceptors (Lipinski definition) is 1. The average Bonchev–Trinajstić information content (AvgIpc) is 1.95. The van der Waals surface area contributed by atoms with Crippen molar-refractivity contribution in [1.29, 1.82) is 0 Å². The van der Waals surface area contributed by atoms with Crippen LogP contribution in [0.15, 0.2) is 18.2 Å². The summed E-state index contributed by atoms with van der Waals surface area (Å²) in [7, 11) is 0. The predicted octanol–water partition coefficient (Wildman–Crippen LogP) is 1.90. The van der Waals surface area contributed by atoms with Crippen LogP contribution in [-0.2, 0) is 6.42 Å². The Morgan fingerprint density at radius 1 is 1.38 bits per heavy atom. The highest BCUT2D eigenvalue weighted by molar-refractivity contribution is 5.24. The monoisotopic (exact) mass is 179 g/mol.